The van der Waals surface area contributed by atoms with Gasteiger partial charge < -0.3 is 5.11 Å². The Hall–Kier alpha value is -0.0400. The van der Waals surface area contributed by atoms with Crippen LogP contribution in [0.1, 0.15) is 26.2 Å². The Morgan fingerprint density at radius 2 is 2.25 bits per heavy atom. The van der Waals surface area contributed by atoms with Crippen LogP contribution in [0, 0.1) is 11.3 Å². The third-order valence-electron chi connectivity index (χ3n) is 2.80. The van der Waals surface area contributed by atoms with Crippen molar-refractivity contribution in [2.75, 3.05) is 0 Å². The predicted molar refractivity (Wildman–Crippen MR) is 31.5 cm³/mol. The van der Waals surface area contributed by atoms with Gasteiger partial charge in [-0.3, -0.25) is 0 Å². The summed E-state index contributed by atoms with van der Waals surface area (Å²) in [7, 11) is 0. The SMILES string of the molecule is CC12CC(O)CC1C2. The molecule has 1 nitrogen and oxygen atoms in total. The lowest BCUT2D eigenvalue weighted by Crippen LogP contribution is -2.03. The summed E-state index contributed by atoms with van der Waals surface area (Å²) >= 11 is 0. The molecular formula is C7H12O. The zero-order valence-electron chi connectivity index (χ0n) is 5.22. The van der Waals surface area contributed by atoms with Crippen molar-refractivity contribution >= 4 is 0 Å². The Labute approximate surface area is 49.7 Å². The lowest BCUT2D eigenvalue weighted by Gasteiger charge is -2.03. The van der Waals surface area contributed by atoms with Crippen LogP contribution in [0.5, 0.6) is 0 Å². The molecule has 0 aromatic heterocycles. The number of rotatable bonds is 0. The predicted octanol–water partition coefficient (Wildman–Crippen LogP) is 1.17. The van der Waals surface area contributed by atoms with E-state index in [-0.39, 0.29) is 6.10 Å². The van der Waals surface area contributed by atoms with Gasteiger partial charge in [-0.1, -0.05) is 6.92 Å². The molecule has 0 aromatic carbocycles. The quantitative estimate of drug-likeness (QED) is 0.498. The van der Waals surface area contributed by atoms with Crippen LogP contribution in [0.2, 0.25) is 0 Å². The summed E-state index contributed by atoms with van der Waals surface area (Å²) in [6.45, 7) is 2.29. The summed E-state index contributed by atoms with van der Waals surface area (Å²) < 4.78 is 0. The van der Waals surface area contributed by atoms with Crippen molar-refractivity contribution < 1.29 is 5.11 Å². The Morgan fingerprint density at radius 1 is 1.50 bits per heavy atom. The summed E-state index contributed by atoms with van der Waals surface area (Å²) in [5, 5.41) is 9.10. The van der Waals surface area contributed by atoms with Crippen LogP contribution in [0.3, 0.4) is 0 Å². The van der Waals surface area contributed by atoms with Crippen LogP contribution < -0.4 is 0 Å². The second kappa shape index (κ2) is 1.10. The number of aliphatic hydroxyl groups excluding tert-OH is 1. The van der Waals surface area contributed by atoms with Crippen LogP contribution in [0.4, 0.5) is 0 Å². The molecular weight excluding hydrogens is 100 g/mol. The molecule has 2 rings (SSSR count). The Bertz CT molecular complexity index is 122. The summed E-state index contributed by atoms with van der Waals surface area (Å²) in [6.07, 6.45) is 3.57. The van der Waals surface area contributed by atoms with Gasteiger partial charge in [0, 0.05) is 0 Å². The molecule has 3 unspecified atom stereocenters. The number of hydrogen-bond acceptors (Lipinski definition) is 1. The van der Waals surface area contributed by atoms with Gasteiger partial charge in [-0.15, -0.1) is 0 Å². The van der Waals surface area contributed by atoms with Gasteiger partial charge in [0.1, 0.15) is 0 Å². The van der Waals surface area contributed by atoms with Crippen LogP contribution in [0.15, 0.2) is 0 Å². The molecule has 0 radical (unpaired) electrons. The second-order valence-electron chi connectivity index (χ2n) is 3.65. The monoisotopic (exact) mass is 112 g/mol. The number of fused-ring (bicyclic) bond motifs is 1. The zero-order chi connectivity index (χ0) is 5.78. The van der Waals surface area contributed by atoms with E-state index >= 15 is 0 Å². The van der Waals surface area contributed by atoms with Gasteiger partial charge in [0.05, 0.1) is 6.10 Å². The van der Waals surface area contributed by atoms with Crippen LogP contribution >= 0.6 is 0 Å². The van der Waals surface area contributed by atoms with Gasteiger partial charge >= 0.3 is 0 Å². The molecule has 2 saturated carbocycles. The number of aliphatic hydroxyl groups is 1. The molecule has 46 valence electrons. The lowest BCUT2D eigenvalue weighted by molar-refractivity contribution is 0.160. The highest BCUT2D eigenvalue weighted by molar-refractivity contribution is 5.06. The first-order chi connectivity index (χ1) is 3.71. The fourth-order valence-corrected chi connectivity index (χ4v) is 2.07. The molecule has 2 fully saturated rings. The van der Waals surface area contributed by atoms with Crippen LogP contribution in [-0.4, -0.2) is 11.2 Å². The maximum Gasteiger partial charge on any atom is 0.0548 e. The van der Waals surface area contributed by atoms with Gasteiger partial charge in [0.15, 0.2) is 0 Å². The molecule has 0 amide bonds. The minimum absolute atomic E-state index is 0.0405. The van der Waals surface area contributed by atoms with Crippen molar-refractivity contribution in [3.8, 4) is 0 Å². The van der Waals surface area contributed by atoms with E-state index in [4.69, 9.17) is 5.11 Å². The second-order valence-corrected chi connectivity index (χ2v) is 3.65. The molecule has 1 N–H and O–H groups in total. The van der Waals surface area contributed by atoms with Gasteiger partial charge in [-0.05, 0) is 30.6 Å². The first-order valence-electron chi connectivity index (χ1n) is 3.39. The van der Waals surface area contributed by atoms with Crippen molar-refractivity contribution in [1.82, 2.24) is 0 Å². The first kappa shape index (κ1) is 4.80. The molecule has 0 heterocycles. The van der Waals surface area contributed by atoms with E-state index < -0.39 is 0 Å². The fraction of sp³-hybridized carbons (Fsp3) is 1.00. The minimum Gasteiger partial charge on any atom is -0.393 e. The molecule has 0 bridgehead atoms. The van der Waals surface area contributed by atoms with Crippen molar-refractivity contribution in [2.45, 2.75) is 32.3 Å². The average molecular weight is 112 g/mol. The smallest absolute Gasteiger partial charge is 0.0548 e. The van der Waals surface area contributed by atoms with Crippen molar-refractivity contribution in [2.24, 2.45) is 11.3 Å². The molecule has 0 saturated heterocycles. The van der Waals surface area contributed by atoms with Crippen molar-refractivity contribution in [3.05, 3.63) is 0 Å². The van der Waals surface area contributed by atoms with E-state index in [0.717, 1.165) is 18.8 Å². The Kier molecular flexibility index (Phi) is 0.663. The average Bonchev–Trinajstić information content (AvgIpc) is 2.07. The molecule has 0 aromatic rings. The van der Waals surface area contributed by atoms with Crippen molar-refractivity contribution in [3.63, 3.8) is 0 Å². The van der Waals surface area contributed by atoms with Crippen LogP contribution in [-0.2, 0) is 0 Å². The molecule has 2 aliphatic rings. The maximum atomic E-state index is 9.10. The first-order valence-corrected chi connectivity index (χ1v) is 3.39. The summed E-state index contributed by atoms with van der Waals surface area (Å²) in [5.41, 5.74) is 0.583. The third kappa shape index (κ3) is 0.455. The zero-order valence-corrected chi connectivity index (χ0v) is 5.22. The highest BCUT2D eigenvalue weighted by atomic mass is 16.3. The Morgan fingerprint density at radius 3 is 2.50 bits per heavy atom. The fourth-order valence-electron chi connectivity index (χ4n) is 2.07. The minimum atomic E-state index is 0.0405. The van der Waals surface area contributed by atoms with Crippen molar-refractivity contribution in [1.29, 1.82) is 0 Å². The molecule has 2 aliphatic carbocycles. The summed E-state index contributed by atoms with van der Waals surface area (Å²) in [5.74, 6) is 0.887. The molecule has 3 atom stereocenters. The maximum absolute atomic E-state index is 9.10. The lowest BCUT2D eigenvalue weighted by atomic mass is 10.1. The number of hydrogen-bond donors (Lipinski definition) is 1. The van der Waals surface area contributed by atoms with Gasteiger partial charge in [0.25, 0.3) is 0 Å². The molecule has 8 heavy (non-hydrogen) atoms. The van der Waals surface area contributed by atoms with E-state index in [2.05, 4.69) is 6.92 Å². The standard InChI is InChI=1S/C7H12O/c1-7-3-5(7)2-6(8)4-7/h5-6,8H,2-4H2,1H3. The highest BCUT2D eigenvalue weighted by Gasteiger charge is 2.56. The largest absolute Gasteiger partial charge is 0.393 e. The van der Waals surface area contributed by atoms with Gasteiger partial charge in [-0.25, -0.2) is 0 Å². The molecule has 0 aliphatic heterocycles. The van der Waals surface area contributed by atoms with E-state index in [9.17, 15) is 0 Å². The van der Waals surface area contributed by atoms with Gasteiger partial charge in [-0.2, -0.15) is 0 Å². The van der Waals surface area contributed by atoms with E-state index in [1.807, 2.05) is 0 Å². The topological polar surface area (TPSA) is 20.2 Å². The molecule has 1 heteroatoms. The van der Waals surface area contributed by atoms with E-state index in [1.54, 1.807) is 0 Å². The highest BCUT2D eigenvalue weighted by Crippen LogP contribution is 2.62. The summed E-state index contributed by atoms with van der Waals surface area (Å²) in [6, 6.07) is 0. The van der Waals surface area contributed by atoms with Crippen LogP contribution in [0.25, 0.3) is 0 Å². The van der Waals surface area contributed by atoms with E-state index in [0.29, 0.717) is 5.41 Å². The summed E-state index contributed by atoms with van der Waals surface area (Å²) in [4.78, 5) is 0. The van der Waals surface area contributed by atoms with E-state index in [1.165, 1.54) is 6.42 Å². The normalized spacial score (nSPS) is 60.8. The third-order valence-corrected chi connectivity index (χ3v) is 2.80. The Balaban J connectivity index is 2.10. The van der Waals surface area contributed by atoms with Gasteiger partial charge in [0.2, 0.25) is 0 Å². The molecule has 0 spiro atoms.